The second-order valence-corrected chi connectivity index (χ2v) is 3.97. The lowest BCUT2D eigenvalue weighted by Gasteiger charge is -2.08. The predicted molar refractivity (Wildman–Crippen MR) is 69.5 cm³/mol. The lowest BCUT2D eigenvalue weighted by molar-refractivity contribution is -0.274. The summed E-state index contributed by atoms with van der Waals surface area (Å²) in [4.78, 5) is 13.0. The molecule has 0 radical (unpaired) electrons. The quantitative estimate of drug-likeness (QED) is 0.843. The van der Waals surface area contributed by atoms with E-state index in [0.29, 0.717) is 5.69 Å². The van der Waals surface area contributed by atoms with E-state index in [1.165, 1.54) is 41.6 Å². The molecule has 2 aromatic rings. The van der Waals surface area contributed by atoms with Crippen molar-refractivity contribution in [2.45, 2.75) is 6.36 Å². The second kappa shape index (κ2) is 7.62. The molecule has 0 spiro atoms. The van der Waals surface area contributed by atoms with Crippen LogP contribution in [0.3, 0.4) is 0 Å². The third kappa shape index (κ3) is 6.75. The van der Waals surface area contributed by atoms with Crippen molar-refractivity contribution in [3.8, 4) is 11.4 Å². The van der Waals surface area contributed by atoms with Gasteiger partial charge in [-0.1, -0.05) is 15.9 Å². The minimum absolute atomic E-state index is 0.0347. The van der Waals surface area contributed by atoms with Crippen LogP contribution in [-0.2, 0) is 4.79 Å². The van der Waals surface area contributed by atoms with Crippen molar-refractivity contribution in [3.05, 3.63) is 36.9 Å². The van der Waals surface area contributed by atoms with Gasteiger partial charge in [0.05, 0.1) is 5.69 Å². The highest BCUT2D eigenvalue weighted by atomic mass is 79.9. The van der Waals surface area contributed by atoms with Crippen LogP contribution in [-0.4, -0.2) is 37.5 Å². The van der Waals surface area contributed by atoms with E-state index in [0.717, 1.165) is 0 Å². The maximum Gasteiger partial charge on any atom is 0.573 e. The summed E-state index contributed by atoms with van der Waals surface area (Å²) in [6, 6.07) is 5.33. The summed E-state index contributed by atoms with van der Waals surface area (Å²) in [6.45, 7) is 0. The standard InChI is InChI=1S/C9H6F3N3O.C2H3BrO2/c10-9(11,12)16-8-3-1-7(2-4-8)15-6-13-5-14-15;3-1-2(4)5/h1-6H;1H2,(H,4,5). The number of nitrogens with zero attached hydrogens (tertiary/aromatic N) is 3. The molecule has 2 rings (SSSR count). The lowest BCUT2D eigenvalue weighted by atomic mass is 10.3. The summed E-state index contributed by atoms with van der Waals surface area (Å²) in [6.07, 6.45) is -1.89. The summed E-state index contributed by atoms with van der Waals surface area (Å²) in [5, 5.41) is 11.5. The van der Waals surface area contributed by atoms with Gasteiger partial charge in [0.1, 0.15) is 23.7 Å². The first-order valence-corrected chi connectivity index (χ1v) is 6.42. The summed E-state index contributed by atoms with van der Waals surface area (Å²) < 4.78 is 40.8. The van der Waals surface area contributed by atoms with E-state index in [1.54, 1.807) is 0 Å². The molecule has 1 aromatic carbocycles. The molecule has 0 atom stereocenters. The van der Waals surface area contributed by atoms with E-state index in [1.807, 2.05) is 0 Å². The highest BCUT2D eigenvalue weighted by molar-refractivity contribution is 9.09. The molecule has 0 bridgehead atoms. The molecule has 0 amide bonds. The van der Waals surface area contributed by atoms with Gasteiger partial charge in [-0.3, -0.25) is 4.79 Å². The molecule has 6 nitrogen and oxygen atoms in total. The molecule has 21 heavy (non-hydrogen) atoms. The molecule has 114 valence electrons. The van der Waals surface area contributed by atoms with E-state index in [9.17, 15) is 18.0 Å². The Morgan fingerprint density at radius 1 is 1.33 bits per heavy atom. The molecule has 1 aromatic heterocycles. The van der Waals surface area contributed by atoms with Crippen molar-refractivity contribution >= 4 is 21.9 Å². The summed E-state index contributed by atoms with van der Waals surface area (Å²) in [5.74, 6) is -1.10. The Hall–Kier alpha value is -2.10. The maximum atomic E-state index is 11.9. The zero-order chi connectivity index (χ0) is 15.9. The first-order chi connectivity index (χ1) is 9.81. The fourth-order valence-electron chi connectivity index (χ4n) is 1.14. The third-order valence-electron chi connectivity index (χ3n) is 1.87. The van der Waals surface area contributed by atoms with Gasteiger partial charge >= 0.3 is 12.3 Å². The van der Waals surface area contributed by atoms with Crippen molar-refractivity contribution in [1.29, 1.82) is 0 Å². The third-order valence-corrected chi connectivity index (χ3v) is 2.35. The molecule has 1 heterocycles. The number of carboxylic acid groups (broad SMARTS) is 1. The fraction of sp³-hybridized carbons (Fsp3) is 0.182. The Balaban J connectivity index is 0.000000383. The van der Waals surface area contributed by atoms with Crippen LogP contribution < -0.4 is 4.74 Å². The predicted octanol–water partition coefficient (Wildman–Crippen LogP) is 2.63. The van der Waals surface area contributed by atoms with Gasteiger partial charge in [-0.25, -0.2) is 9.67 Å². The molecule has 1 N–H and O–H groups in total. The normalized spacial score (nSPS) is 10.5. The van der Waals surface area contributed by atoms with Crippen LogP contribution in [0.4, 0.5) is 13.2 Å². The first kappa shape index (κ1) is 17.0. The van der Waals surface area contributed by atoms with Gasteiger partial charge in [-0.05, 0) is 24.3 Å². The minimum atomic E-state index is -4.67. The van der Waals surface area contributed by atoms with Crippen LogP contribution in [0.5, 0.6) is 5.75 Å². The van der Waals surface area contributed by atoms with Gasteiger partial charge in [-0.2, -0.15) is 5.10 Å². The van der Waals surface area contributed by atoms with Crippen LogP contribution in [0.15, 0.2) is 36.9 Å². The number of carbonyl (C=O) groups is 1. The molecule has 0 unspecified atom stereocenters. The van der Waals surface area contributed by atoms with E-state index in [-0.39, 0.29) is 11.1 Å². The van der Waals surface area contributed by atoms with Gasteiger partial charge in [0.25, 0.3) is 0 Å². The smallest absolute Gasteiger partial charge is 0.481 e. The number of hydrogen-bond donors (Lipinski definition) is 1. The second-order valence-electron chi connectivity index (χ2n) is 3.41. The van der Waals surface area contributed by atoms with E-state index in [2.05, 4.69) is 30.7 Å². The molecule has 0 aliphatic carbocycles. The molecular formula is C11H9BrF3N3O3. The number of hydrogen-bond acceptors (Lipinski definition) is 4. The molecular weight excluding hydrogens is 359 g/mol. The summed E-state index contributed by atoms with van der Waals surface area (Å²) in [7, 11) is 0. The van der Waals surface area contributed by atoms with Gasteiger partial charge in [0, 0.05) is 0 Å². The van der Waals surface area contributed by atoms with E-state index >= 15 is 0 Å². The number of ether oxygens (including phenoxy) is 1. The number of halogens is 4. The molecule has 0 fully saturated rings. The number of aromatic nitrogens is 3. The molecule has 0 aliphatic rings. The average Bonchev–Trinajstić information content (AvgIpc) is 2.92. The number of alkyl halides is 4. The zero-order valence-corrected chi connectivity index (χ0v) is 11.9. The number of aliphatic carboxylic acids is 1. The Morgan fingerprint density at radius 2 is 1.90 bits per heavy atom. The molecule has 0 aliphatic heterocycles. The van der Waals surface area contributed by atoms with Crippen molar-refractivity contribution in [2.24, 2.45) is 0 Å². The van der Waals surface area contributed by atoms with Crippen molar-refractivity contribution in [3.63, 3.8) is 0 Å². The SMILES string of the molecule is FC(F)(F)Oc1ccc(-n2cncn2)cc1.O=C(O)CBr. The van der Waals surface area contributed by atoms with Crippen molar-refractivity contribution < 1.29 is 27.8 Å². The lowest BCUT2D eigenvalue weighted by Crippen LogP contribution is -2.17. The Kier molecular flexibility index (Phi) is 6.15. The van der Waals surface area contributed by atoms with Crippen LogP contribution >= 0.6 is 15.9 Å². The van der Waals surface area contributed by atoms with Gasteiger partial charge in [-0.15, -0.1) is 13.2 Å². The van der Waals surface area contributed by atoms with E-state index in [4.69, 9.17) is 5.11 Å². The topological polar surface area (TPSA) is 77.2 Å². The zero-order valence-electron chi connectivity index (χ0n) is 10.3. The maximum absolute atomic E-state index is 11.9. The first-order valence-electron chi connectivity index (χ1n) is 5.30. The number of benzene rings is 1. The van der Waals surface area contributed by atoms with Gasteiger partial charge in [0.15, 0.2) is 0 Å². The highest BCUT2D eigenvalue weighted by Crippen LogP contribution is 2.23. The highest BCUT2D eigenvalue weighted by Gasteiger charge is 2.30. The van der Waals surface area contributed by atoms with Crippen LogP contribution in [0, 0.1) is 0 Å². The molecule has 0 saturated heterocycles. The monoisotopic (exact) mass is 367 g/mol. The van der Waals surface area contributed by atoms with Crippen LogP contribution in [0.2, 0.25) is 0 Å². The number of rotatable bonds is 3. The largest absolute Gasteiger partial charge is 0.573 e. The summed E-state index contributed by atoms with van der Waals surface area (Å²) in [5.41, 5.74) is 0.604. The minimum Gasteiger partial charge on any atom is -0.481 e. The molecule has 10 heteroatoms. The van der Waals surface area contributed by atoms with Crippen LogP contribution in [0.25, 0.3) is 5.69 Å². The Morgan fingerprint density at radius 3 is 2.29 bits per heavy atom. The number of carboxylic acids is 1. The van der Waals surface area contributed by atoms with Crippen molar-refractivity contribution in [2.75, 3.05) is 5.33 Å². The van der Waals surface area contributed by atoms with Gasteiger partial charge < -0.3 is 9.84 Å². The Labute approximate surface area is 125 Å². The Bertz CT molecular complexity index is 558. The van der Waals surface area contributed by atoms with Crippen molar-refractivity contribution in [1.82, 2.24) is 14.8 Å². The van der Waals surface area contributed by atoms with E-state index < -0.39 is 12.3 Å². The average molecular weight is 368 g/mol. The molecule has 0 saturated carbocycles. The van der Waals surface area contributed by atoms with Gasteiger partial charge in [0.2, 0.25) is 0 Å². The summed E-state index contributed by atoms with van der Waals surface area (Å²) >= 11 is 2.71. The fourth-order valence-corrected chi connectivity index (χ4v) is 1.14. The van der Waals surface area contributed by atoms with Crippen LogP contribution in [0.1, 0.15) is 0 Å².